The number of nitrogens with zero attached hydrogens (tertiary/aromatic N) is 1. The number of carbonyl (C=O) groups is 4. The summed E-state index contributed by atoms with van der Waals surface area (Å²) in [7, 11) is 1.30. The Morgan fingerprint density at radius 2 is 2.00 bits per heavy atom. The highest BCUT2D eigenvalue weighted by Crippen LogP contribution is 2.65. The monoisotopic (exact) mass is 514 g/mol. The van der Waals surface area contributed by atoms with Crippen molar-refractivity contribution in [2.24, 2.45) is 28.6 Å². The molecule has 1 saturated heterocycles. The van der Waals surface area contributed by atoms with Crippen molar-refractivity contribution in [1.29, 1.82) is 0 Å². The van der Waals surface area contributed by atoms with Crippen molar-refractivity contribution in [2.45, 2.75) is 58.7 Å². The number of cyclic esters (lactones) is 1. The molecule has 1 aliphatic heterocycles. The second kappa shape index (κ2) is 9.04. The number of Topliss-reactive ketones (excluding diaryl/α,β-unsaturated/α-hetero) is 1. The SMILES string of the molecule is COC(=O)[C@@H]1C[C@H](OC(=O)Nc2cc(C)on2)C(=O)[C@H]2[C@@]1(C)CC[C@H]1C(=O)O[C@H](c3ccoc3)C[C@]21C. The zero-order valence-electron chi connectivity index (χ0n) is 21.1. The smallest absolute Gasteiger partial charge is 0.413 e. The minimum Gasteiger partial charge on any atom is -0.472 e. The van der Waals surface area contributed by atoms with E-state index in [1.165, 1.54) is 25.7 Å². The van der Waals surface area contributed by atoms with E-state index >= 15 is 0 Å². The fraction of sp³-hybridized carbons (Fsp3) is 0.577. The van der Waals surface area contributed by atoms with Crippen LogP contribution in [0.3, 0.4) is 0 Å². The van der Waals surface area contributed by atoms with E-state index in [1.54, 1.807) is 13.0 Å². The van der Waals surface area contributed by atoms with E-state index in [1.807, 2.05) is 13.8 Å². The Balaban J connectivity index is 1.49. The Bertz CT molecular complexity index is 1220. The molecule has 2 saturated carbocycles. The van der Waals surface area contributed by atoms with Gasteiger partial charge in [-0.2, -0.15) is 0 Å². The number of methoxy groups -OCH3 is 1. The summed E-state index contributed by atoms with van der Waals surface area (Å²) in [6, 6.07) is 3.24. The molecule has 1 N–H and O–H groups in total. The van der Waals surface area contributed by atoms with Crippen LogP contribution in [0.2, 0.25) is 0 Å². The molecule has 37 heavy (non-hydrogen) atoms. The Kier molecular flexibility index (Phi) is 6.12. The van der Waals surface area contributed by atoms with Crippen LogP contribution in [0.25, 0.3) is 0 Å². The first-order chi connectivity index (χ1) is 17.6. The van der Waals surface area contributed by atoms with E-state index in [2.05, 4.69) is 10.5 Å². The first-order valence-electron chi connectivity index (χ1n) is 12.3. The van der Waals surface area contributed by atoms with Gasteiger partial charge in [0.25, 0.3) is 0 Å². The quantitative estimate of drug-likeness (QED) is 0.469. The molecule has 3 fully saturated rings. The molecule has 0 radical (unpaired) electrons. The second-order valence-electron chi connectivity index (χ2n) is 10.8. The van der Waals surface area contributed by atoms with Gasteiger partial charge < -0.3 is 23.2 Å². The second-order valence-corrected chi connectivity index (χ2v) is 10.8. The van der Waals surface area contributed by atoms with Crippen LogP contribution in [-0.4, -0.2) is 42.2 Å². The van der Waals surface area contributed by atoms with Gasteiger partial charge in [-0.1, -0.05) is 19.0 Å². The van der Waals surface area contributed by atoms with Crippen LogP contribution >= 0.6 is 0 Å². The number of aromatic nitrogens is 1. The summed E-state index contributed by atoms with van der Waals surface area (Å²) in [6.07, 6.45) is 1.59. The molecular formula is C26H30N2O9. The number of ketones is 1. The average Bonchev–Trinajstić information content (AvgIpc) is 3.51. The maximum absolute atomic E-state index is 14.1. The summed E-state index contributed by atoms with van der Waals surface area (Å²) < 4.78 is 26.6. The maximum atomic E-state index is 14.1. The van der Waals surface area contributed by atoms with E-state index in [0.717, 1.165) is 0 Å². The van der Waals surface area contributed by atoms with E-state index in [-0.39, 0.29) is 24.0 Å². The van der Waals surface area contributed by atoms with Crippen LogP contribution < -0.4 is 5.32 Å². The summed E-state index contributed by atoms with van der Waals surface area (Å²) in [4.78, 5) is 53.0. The molecule has 0 aromatic carbocycles. The molecule has 7 atom stereocenters. The molecule has 2 aliphatic carbocycles. The van der Waals surface area contributed by atoms with Crippen LogP contribution in [-0.2, 0) is 28.6 Å². The summed E-state index contributed by atoms with van der Waals surface area (Å²) in [6.45, 7) is 5.47. The zero-order chi connectivity index (χ0) is 26.5. The van der Waals surface area contributed by atoms with Crippen molar-refractivity contribution in [1.82, 2.24) is 5.16 Å². The van der Waals surface area contributed by atoms with E-state index in [0.29, 0.717) is 30.6 Å². The fourth-order valence-corrected chi connectivity index (χ4v) is 6.95. The highest BCUT2D eigenvalue weighted by Gasteiger charge is 2.67. The van der Waals surface area contributed by atoms with Gasteiger partial charge in [0.15, 0.2) is 17.7 Å². The molecule has 11 nitrogen and oxygen atoms in total. The van der Waals surface area contributed by atoms with Crippen molar-refractivity contribution >= 4 is 29.6 Å². The van der Waals surface area contributed by atoms with Crippen molar-refractivity contribution in [2.75, 3.05) is 12.4 Å². The average molecular weight is 515 g/mol. The number of nitrogens with one attached hydrogen (secondary N) is 1. The summed E-state index contributed by atoms with van der Waals surface area (Å²) in [5, 5.41) is 6.15. The Morgan fingerprint density at radius 3 is 2.65 bits per heavy atom. The number of aryl methyl sites for hydroxylation is 1. The first kappa shape index (κ1) is 25.0. The lowest BCUT2D eigenvalue weighted by molar-refractivity contribution is -0.207. The van der Waals surface area contributed by atoms with Gasteiger partial charge in [0.1, 0.15) is 11.9 Å². The van der Waals surface area contributed by atoms with Gasteiger partial charge in [-0.25, -0.2) is 4.79 Å². The number of carbonyl (C=O) groups excluding carboxylic acids is 4. The van der Waals surface area contributed by atoms with E-state index in [4.69, 9.17) is 23.2 Å². The summed E-state index contributed by atoms with van der Waals surface area (Å²) >= 11 is 0. The number of hydrogen-bond acceptors (Lipinski definition) is 10. The van der Waals surface area contributed by atoms with Crippen molar-refractivity contribution in [3.8, 4) is 0 Å². The first-order valence-corrected chi connectivity index (χ1v) is 12.3. The largest absolute Gasteiger partial charge is 0.472 e. The van der Waals surface area contributed by atoms with Gasteiger partial charge in [-0.05, 0) is 43.1 Å². The molecule has 2 aromatic heterocycles. The molecule has 5 rings (SSSR count). The van der Waals surface area contributed by atoms with Crippen LogP contribution in [0, 0.1) is 35.5 Å². The van der Waals surface area contributed by atoms with Gasteiger partial charge >= 0.3 is 18.0 Å². The molecule has 198 valence electrons. The van der Waals surface area contributed by atoms with Crippen molar-refractivity contribution < 1.29 is 42.3 Å². The lowest BCUT2D eigenvalue weighted by Crippen LogP contribution is -2.64. The molecule has 0 unspecified atom stereocenters. The third-order valence-electron chi connectivity index (χ3n) is 8.61. The molecule has 3 aliphatic rings. The fourth-order valence-electron chi connectivity index (χ4n) is 6.95. The number of fused-ring (bicyclic) bond motifs is 3. The lowest BCUT2D eigenvalue weighted by Gasteiger charge is -2.60. The van der Waals surface area contributed by atoms with Crippen LogP contribution in [0.4, 0.5) is 10.6 Å². The van der Waals surface area contributed by atoms with Crippen molar-refractivity contribution in [3.63, 3.8) is 0 Å². The number of rotatable bonds is 4. The minimum absolute atomic E-state index is 0.0138. The molecule has 0 spiro atoms. The summed E-state index contributed by atoms with van der Waals surface area (Å²) in [5.41, 5.74) is -0.953. The Labute approximate surface area is 213 Å². The highest BCUT2D eigenvalue weighted by molar-refractivity contribution is 5.94. The van der Waals surface area contributed by atoms with Gasteiger partial charge in [0.05, 0.1) is 31.5 Å². The number of ether oxygens (including phenoxy) is 3. The summed E-state index contributed by atoms with van der Waals surface area (Å²) in [5.74, 6) is -2.56. The van der Waals surface area contributed by atoms with Crippen molar-refractivity contribution in [3.05, 3.63) is 36.0 Å². The topological polar surface area (TPSA) is 147 Å². The predicted molar refractivity (Wildman–Crippen MR) is 125 cm³/mol. The maximum Gasteiger partial charge on any atom is 0.413 e. The van der Waals surface area contributed by atoms with Gasteiger partial charge in [0.2, 0.25) is 0 Å². The third kappa shape index (κ3) is 4.10. The van der Waals surface area contributed by atoms with Gasteiger partial charge in [0, 0.05) is 24.0 Å². The highest BCUT2D eigenvalue weighted by atomic mass is 16.6. The van der Waals surface area contributed by atoms with E-state index < -0.39 is 52.9 Å². The molecule has 2 aromatic rings. The van der Waals surface area contributed by atoms with Crippen LogP contribution in [0.1, 0.15) is 57.0 Å². The number of hydrogen-bond donors (Lipinski definition) is 1. The standard InChI is InChI=1S/C26H30N2O9/c1-13-9-19(28-37-13)27-24(32)36-17-10-16(22(30)33-4)25(2)7-5-15-23(31)35-18(14-6-8-34-12-14)11-26(15,3)21(25)20(17)29/h6,8-9,12,15-18,21H,5,7,10-11H2,1-4H3,(H,27,28,32)/t15-,16-,17-,18-,21-,25-,26-/m0/s1. The van der Waals surface area contributed by atoms with Gasteiger partial charge in [-0.3, -0.25) is 19.7 Å². The molecule has 11 heteroatoms. The molecule has 1 amide bonds. The van der Waals surface area contributed by atoms with Crippen LogP contribution in [0.15, 0.2) is 33.6 Å². The number of anilines is 1. The lowest BCUT2D eigenvalue weighted by atomic mass is 9.43. The Morgan fingerprint density at radius 1 is 1.22 bits per heavy atom. The number of esters is 2. The number of amides is 1. The normalized spacial score (nSPS) is 35.1. The molecule has 0 bridgehead atoms. The van der Waals surface area contributed by atoms with Crippen LogP contribution in [0.5, 0.6) is 0 Å². The molecular weight excluding hydrogens is 484 g/mol. The number of furan rings is 1. The molecule has 3 heterocycles. The zero-order valence-corrected chi connectivity index (χ0v) is 21.1. The van der Waals surface area contributed by atoms with Gasteiger partial charge in [-0.15, -0.1) is 0 Å². The Hall–Kier alpha value is -3.63. The predicted octanol–water partition coefficient (Wildman–Crippen LogP) is 3.98. The minimum atomic E-state index is -1.21. The van der Waals surface area contributed by atoms with E-state index in [9.17, 15) is 19.2 Å². The third-order valence-corrected chi connectivity index (χ3v) is 8.61.